The van der Waals surface area contributed by atoms with E-state index in [1.54, 1.807) is 0 Å². The molecule has 0 radical (unpaired) electrons. The van der Waals surface area contributed by atoms with Crippen LogP contribution in [0.2, 0.25) is 0 Å². The van der Waals surface area contributed by atoms with Gasteiger partial charge >= 0.3 is 0 Å². The summed E-state index contributed by atoms with van der Waals surface area (Å²) in [6, 6.07) is 4.16. The summed E-state index contributed by atoms with van der Waals surface area (Å²) in [5, 5.41) is 3.33. The number of anilines is 1. The third kappa shape index (κ3) is 3.97. The van der Waals surface area contributed by atoms with E-state index in [4.69, 9.17) is 4.74 Å². The molecule has 1 unspecified atom stereocenters. The largest absolute Gasteiger partial charge is 0.378 e. The predicted octanol–water partition coefficient (Wildman–Crippen LogP) is 0.871. The zero-order chi connectivity index (χ0) is 15.4. The van der Waals surface area contributed by atoms with E-state index in [-0.39, 0.29) is 11.9 Å². The van der Waals surface area contributed by atoms with Crippen molar-refractivity contribution in [2.75, 3.05) is 50.8 Å². The minimum atomic E-state index is 0.160. The molecule has 7 heteroatoms. The number of pyridine rings is 1. The summed E-state index contributed by atoms with van der Waals surface area (Å²) in [4.78, 5) is 20.9. The number of nitrogens with one attached hydrogen (secondary N) is 1. The van der Waals surface area contributed by atoms with Crippen molar-refractivity contribution < 1.29 is 9.53 Å². The van der Waals surface area contributed by atoms with E-state index >= 15 is 0 Å². The number of aromatic nitrogens is 1. The smallest absolute Gasteiger partial charge is 0.224 e. The monoisotopic (exact) mass is 368 g/mol. The number of halogens is 1. The molecule has 0 aromatic carbocycles. The fourth-order valence-electron chi connectivity index (χ4n) is 2.83. The van der Waals surface area contributed by atoms with Crippen molar-refractivity contribution in [3.63, 3.8) is 0 Å². The molecular formula is C15H21BrN4O2. The lowest BCUT2D eigenvalue weighted by Gasteiger charge is -2.36. The number of rotatable bonds is 3. The fraction of sp³-hybridized carbons (Fsp3) is 0.600. The maximum absolute atomic E-state index is 12.3. The van der Waals surface area contributed by atoms with E-state index in [1.807, 2.05) is 23.2 Å². The lowest BCUT2D eigenvalue weighted by atomic mass is 10.1. The quantitative estimate of drug-likeness (QED) is 0.857. The molecule has 2 aliphatic rings. The van der Waals surface area contributed by atoms with Crippen molar-refractivity contribution in [3.8, 4) is 0 Å². The van der Waals surface area contributed by atoms with Gasteiger partial charge in [0.1, 0.15) is 5.82 Å². The Morgan fingerprint density at radius 2 is 2.18 bits per heavy atom. The van der Waals surface area contributed by atoms with Crippen LogP contribution < -0.4 is 10.2 Å². The van der Waals surface area contributed by atoms with Crippen LogP contribution >= 0.6 is 15.9 Å². The number of amides is 1. The number of morpholine rings is 1. The molecule has 6 nitrogen and oxygen atoms in total. The van der Waals surface area contributed by atoms with Crippen molar-refractivity contribution in [1.29, 1.82) is 0 Å². The van der Waals surface area contributed by atoms with E-state index in [2.05, 4.69) is 31.1 Å². The van der Waals surface area contributed by atoms with Crippen LogP contribution in [0, 0.1) is 0 Å². The summed E-state index contributed by atoms with van der Waals surface area (Å²) in [6.45, 7) is 5.37. The molecule has 1 amide bonds. The van der Waals surface area contributed by atoms with Gasteiger partial charge in [-0.05, 0) is 28.1 Å². The van der Waals surface area contributed by atoms with Gasteiger partial charge in [-0.1, -0.05) is 0 Å². The van der Waals surface area contributed by atoms with E-state index < -0.39 is 0 Å². The predicted molar refractivity (Wildman–Crippen MR) is 88.0 cm³/mol. The lowest BCUT2D eigenvalue weighted by molar-refractivity contribution is -0.132. The molecule has 2 aliphatic heterocycles. The molecule has 1 aromatic heterocycles. The second kappa shape index (κ2) is 7.39. The molecule has 1 N–H and O–H groups in total. The Kier molecular flexibility index (Phi) is 5.28. The van der Waals surface area contributed by atoms with Crippen molar-refractivity contribution in [2.24, 2.45) is 0 Å². The average molecular weight is 369 g/mol. The molecule has 0 saturated carbocycles. The molecular weight excluding hydrogens is 348 g/mol. The summed E-state index contributed by atoms with van der Waals surface area (Å²) in [5.74, 6) is 1.18. The molecule has 2 saturated heterocycles. The summed E-state index contributed by atoms with van der Waals surface area (Å²) in [6.07, 6.45) is 2.33. The SMILES string of the molecule is O=C(CC1COCCN1)N1CCN(c2ccc(Br)cn2)CC1. The highest BCUT2D eigenvalue weighted by molar-refractivity contribution is 9.10. The summed E-state index contributed by atoms with van der Waals surface area (Å²) >= 11 is 3.40. The number of carbonyl (C=O) groups is 1. The van der Waals surface area contributed by atoms with Crippen LogP contribution in [-0.4, -0.2) is 67.8 Å². The Labute approximate surface area is 139 Å². The van der Waals surface area contributed by atoms with Crippen LogP contribution in [0.3, 0.4) is 0 Å². The second-order valence-electron chi connectivity index (χ2n) is 5.63. The minimum Gasteiger partial charge on any atom is -0.378 e. The van der Waals surface area contributed by atoms with Gasteiger partial charge in [-0.3, -0.25) is 4.79 Å². The number of ether oxygens (including phenoxy) is 1. The Morgan fingerprint density at radius 3 is 2.82 bits per heavy atom. The molecule has 3 rings (SSSR count). The number of hydrogen-bond acceptors (Lipinski definition) is 5. The maximum atomic E-state index is 12.3. The Hall–Kier alpha value is -1.18. The topological polar surface area (TPSA) is 57.7 Å². The van der Waals surface area contributed by atoms with E-state index in [1.165, 1.54) is 0 Å². The average Bonchev–Trinajstić information content (AvgIpc) is 2.57. The summed E-state index contributed by atoms with van der Waals surface area (Å²) in [7, 11) is 0. The van der Waals surface area contributed by atoms with Gasteiger partial charge in [0.2, 0.25) is 5.91 Å². The minimum absolute atomic E-state index is 0.160. The first kappa shape index (κ1) is 15.7. The van der Waals surface area contributed by atoms with Gasteiger partial charge in [0.15, 0.2) is 0 Å². The van der Waals surface area contributed by atoms with Gasteiger partial charge in [0.25, 0.3) is 0 Å². The Balaban J connectivity index is 1.48. The highest BCUT2D eigenvalue weighted by atomic mass is 79.9. The van der Waals surface area contributed by atoms with Crippen LogP contribution in [0.25, 0.3) is 0 Å². The molecule has 22 heavy (non-hydrogen) atoms. The van der Waals surface area contributed by atoms with Gasteiger partial charge in [-0.15, -0.1) is 0 Å². The maximum Gasteiger partial charge on any atom is 0.224 e. The molecule has 3 heterocycles. The molecule has 120 valence electrons. The van der Waals surface area contributed by atoms with Crippen LogP contribution in [0.1, 0.15) is 6.42 Å². The van der Waals surface area contributed by atoms with Crippen molar-refractivity contribution in [2.45, 2.75) is 12.5 Å². The van der Waals surface area contributed by atoms with Crippen LogP contribution in [0.4, 0.5) is 5.82 Å². The van der Waals surface area contributed by atoms with E-state index in [9.17, 15) is 4.79 Å². The van der Waals surface area contributed by atoms with Crippen LogP contribution in [-0.2, 0) is 9.53 Å². The normalized spacial score (nSPS) is 22.7. The summed E-state index contributed by atoms with van der Waals surface area (Å²) in [5.41, 5.74) is 0. The number of hydrogen-bond donors (Lipinski definition) is 1. The van der Waals surface area contributed by atoms with Gasteiger partial charge < -0.3 is 19.9 Å². The highest BCUT2D eigenvalue weighted by Crippen LogP contribution is 2.17. The zero-order valence-corrected chi connectivity index (χ0v) is 14.1. The number of nitrogens with zero attached hydrogens (tertiary/aromatic N) is 3. The van der Waals surface area contributed by atoms with Gasteiger partial charge in [0.05, 0.1) is 13.2 Å². The third-order valence-corrected chi connectivity index (χ3v) is 4.56. The first-order valence-corrected chi connectivity index (χ1v) is 8.47. The van der Waals surface area contributed by atoms with Crippen molar-refractivity contribution in [3.05, 3.63) is 22.8 Å². The zero-order valence-electron chi connectivity index (χ0n) is 12.5. The second-order valence-corrected chi connectivity index (χ2v) is 6.55. The van der Waals surface area contributed by atoms with Gasteiger partial charge in [0, 0.05) is 55.9 Å². The molecule has 0 aliphatic carbocycles. The van der Waals surface area contributed by atoms with Gasteiger partial charge in [-0.2, -0.15) is 0 Å². The van der Waals surface area contributed by atoms with E-state index in [0.717, 1.165) is 49.6 Å². The Morgan fingerprint density at radius 1 is 1.36 bits per heavy atom. The molecule has 2 fully saturated rings. The number of carbonyl (C=O) groups excluding carboxylic acids is 1. The summed E-state index contributed by atoms with van der Waals surface area (Å²) < 4.78 is 6.38. The fourth-order valence-corrected chi connectivity index (χ4v) is 3.07. The molecule has 0 bridgehead atoms. The van der Waals surface area contributed by atoms with Crippen LogP contribution in [0.15, 0.2) is 22.8 Å². The first-order valence-electron chi connectivity index (χ1n) is 7.68. The third-order valence-electron chi connectivity index (χ3n) is 4.09. The Bertz CT molecular complexity index is 497. The van der Waals surface area contributed by atoms with Crippen LogP contribution in [0.5, 0.6) is 0 Å². The lowest BCUT2D eigenvalue weighted by Crippen LogP contribution is -2.51. The molecule has 0 spiro atoms. The van der Waals surface area contributed by atoms with Crippen molar-refractivity contribution >= 4 is 27.7 Å². The first-order chi connectivity index (χ1) is 10.7. The standard InChI is InChI=1S/C15H21BrN4O2/c16-12-1-2-14(18-10-12)19-4-6-20(7-5-19)15(21)9-13-11-22-8-3-17-13/h1-2,10,13,17H,3-9,11H2. The van der Waals surface area contributed by atoms with E-state index in [0.29, 0.717) is 13.0 Å². The number of piperazine rings is 1. The highest BCUT2D eigenvalue weighted by Gasteiger charge is 2.24. The van der Waals surface area contributed by atoms with Crippen molar-refractivity contribution in [1.82, 2.24) is 15.2 Å². The molecule has 1 aromatic rings. The van der Waals surface area contributed by atoms with Gasteiger partial charge in [-0.25, -0.2) is 4.98 Å². The molecule has 1 atom stereocenters.